The molecule has 172 valence electrons. The van der Waals surface area contributed by atoms with Crippen LogP contribution in [0.1, 0.15) is 35.9 Å². The van der Waals surface area contributed by atoms with Gasteiger partial charge in [-0.3, -0.25) is 10.1 Å². The van der Waals surface area contributed by atoms with Crippen molar-refractivity contribution in [3.05, 3.63) is 64.7 Å². The highest BCUT2D eigenvalue weighted by atomic mass is 35.5. The first-order chi connectivity index (χ1) is 15.1. The topological polar surface area (TPSA) is 122 Å². The van der Waals surface area contributed by atoms with Gasteiger partial charge in [0, 0.05) is 25.7 Å². The Labute approximate surface area is 191 Å². The zero-order valence-electron chi connectivity index (χ0n) is 17.8. The van der Waals surface area contributed by atoms with Gasteiger partial charge < -0.3 is 10.1 Å². The van der Waals surface area contributed by atoms with Crippen LogP contribution in [-0.2, 0) is 19.6 Å². The third kappa shape index (κ3) is 5.84. The van der Waals surface area contributed by atoms with Crippen LogP contribution in [0.25, 0.3) is 0 Å². The molecule has 2 N–H and O–H groups in total. The van der Waals surface area contributed by atoms with Crippen LogP contribution >= 0.6 is 11.6 Å². The van der Waals surface area contributed by atoms with Gasteiger partial charge in [-0.1, -0.05) is 55.8 Å². The molecule has 0 aliphatic rings. The fourth-order valence-corrected chi connectivity index (χ4v) is 4.80. The van der Waals surface area contributed by atoms with Crippen molar-refractivity contribution in [2.24, 2.45) is 0 Å². The Hall–Kier alpha value is -2.95. The molecule has 0 aliphatic heterocycles. The van der Waals surface area contributed by atoms with Crippen LogP contribution in [0.15, 0.2) is 53.4 Å². The van der Waals surface area contributed by atoms with Gasteiger partial charge in [-0.25, -0.2) is 18.0 Å². The van der Waals surface area contributed by atoms with Crippen LogP contribution in [0.3, 0.4) is 0 Å². The quantitative estimate of drug-likeness (QED) is 0.559. The van der Waals surface area contributed by atoms with Crippen LogP contribution in [0.4, 0.5) is 4.79 Å². The van der Waals surface area contributed by atoms with Crippen molar-refractivity contribution in [3.63, 3.8) is 0 Å². The highest BCUT2D eigenvalue weighted by Gasteiger charge is 2.29. The smallest absolute Gasteiger partial charge is 0.339 e. The third-order valence-electron chi connectivity index (χ3n) is 4.52. The van der Waals surface area contributed by atoms with E-state index in [0.29, 0.717) is 5.56 Å². The zero-order valence-corrected chi connectivity index (χ0v) is 19.4. The highest BCUT2D eigenvalue weighted by molar-refractivity contribution is 7.89. The first-order valence-corrected chi connectivity index (χ1v) is 11.6. The molecule has 0 fully saturated rings. The summed E-state index contributed by atoms with van der Waals surface area (Å²) in [6.07, 6.45) is -1.44. The summed E-state index contributed by atoms with van der Waals surface area (Å²) >= 11 is 6.10. The van der Waals surface area contributed by atoms with E-state index in [1.54, 1.807) is 44.2 Å². The summed E-state index contributed by atoms with van der Waals surface area (Å²) in [6, 6.07) is 11.0. The molecule has 0 aromatic heterocycles. The molecule has 0 radical (unpaired) electrons. The summed E-state index contributed by atoms with van der Waals surface area (Å²) in [5.74, 6) is -1.83. The number of halogens is 1. The lowest BCUT2D eigenvalue weighted by atomic mass is 10.1. The summed E-state index contributed by atoms with van der Waals surface area (Å²) in [4.78, 5) is 36.7. The largest absolute Gasteiger partial charge is 0.444 e. The number of hydrogen-bond donors (Lipinski definition) is 2. The molecule has 3 amide bonds. The van der Waals surface area contributed by atoms with Crippen LogP contribution < -0.4 is 10.6 Å². The van der Waals surface area contributed by atoms with Gasteiger partial charge in [-0.2, -0.15) is 4.31 Å². The summed E-state index contributed by atoms with van der Waals surface area (Å²) in [5, 5.41) is 4.26. The molecule has 0 unspecified atom stereocenters. The number of amides is 3. The lowest BCUT2D eigenvalue weighted by Gasteiger charge is -2.20. The Bertz CT molecular complexity index is 1090. The number of hydrogen-bond acceptors (Lipinski definition) is 6. The second kappa shape index (κ2) is 11.1. The number of sulfonamides is 1. The van der Waals surface area contributed by atoms with E-state index in [9.17, 15) is 22.8 Å². The standard InChI is InChI=1S/C21H24ClN3O6S/c1-4-25(5-2)32(29,30)17-13-15(11-12-16(17)22)20(27)31-18(14-9-7-6-8-10-14)19(26)24-21(28)23-3/h6-13,18H,4-5H2,1-3H3,(H2,23,24,26,28)/t18-/m0/s1. The van der Waals surface area contributed by atoms with Crippen molar-refractivity contribution >= 4 is 39.5 Å². The predicted molar refractivity (Wildman–Crippen MR) is 119 cm³/mol. The number of benzene rings is 2. The van der Waals surface area contributed by atoms with Gasteiger partial charge in [0.05, 0.1) is 10.6 Å². The SMILES string of the molecule is CCN(CC)S(=O)(=O)c1cc(C(=O)O[C@H](C(=O)NC(=O)NC)c2ccccc2)ccc1Cl. The van der Waals surface area contributed by atoms with Crippen molar-refractivity contribution in [1.29, 1.82) is 0 Å². The molecule has 0 heterocycles. The minimum atomic E-state index is -3.94. The summed E-state index contributed by atoms with van der Waals surface area (Å²) in [5.41, 5.74) is 0.209. The number of nitrogens with one attached hydrogen (secondary N) is 2. The number of carbonyl (C=O) groups excluding carboxylic acids is 3. The minimum Gasteiger partial charge on any atom is -0.444 e. The molecular weight excluding hydrogens is 458 g/mol. The monoisotopic (exact) mass is 481 g/mol. The van der Waals surface area contributed by atoms with Crippen molar-refractivity contribution in [3.8, 4) is 0 Å². The summed E-state index contributed by atoms with van der Waals surface area (Å²) in [7, 11) is -2.61. The molecule has 2 aromatic carbocycles. The fraction of sp³-hybridized carbons (Fsp3) is 0.286. The molecule has 11 heteroatoms. The van der Waals surface area contributed by atoms with Crippen LogP contribution in [-0.4, -0.2) is 50.8 Å². The maximum absolute atomic E-state index is 12.9. The lowest BCUT2D eigenvalue weighted by Crippen LogP contribution is -2.41. The number of urea groups is 1. The molecule has 0 bridgehead atoms. The molecule has 2 aromatic rings. The molecule has 32 heavy (non-hydrogen) atoms. The van der Waals surface area contributed by atoms with E-state index in [4.69, 9.17) is 16.3 Å². The van der Waals surface area contributed by atoms with Crippen LogP contribution in [0, 0.1) is 0 Å². The number of nitrogens with zero attached hydrogens (tertiary/aromatic N) is 1. The third-order valence-corrected chi connectivity index (χ3v) is 7.05. The lowest BCUT2D eigenvalue weighted by molar-refractivity contribution is -0.129. The second-order valence-electron chi connectivity index (χ2n) is 6.50. The number of ether oxygens (including phenoxy) is 1. The van der Waals surface area contributed by atoms with Gasteiger partial charge in [0.1, 0.15) is 4.90 Å². The molecular formula is C21H24ClN3O6S. The van der Waals surface area contributed by atoms with Gasteiger partial charge in [0.15, 0.2) is 0 Å². The normalized spacial score (nSPS) is 12.2. The molecule has 0 saturated carbocycles. The molecule has 0 saturated heterocycles. The first-order valence-electron chi connectivity index (χ1n) is 9.73. The van der Waals surface area contributed by atoms with E-state index in [0.717, 1.165) is 6.07 Å². The molecule has 9 nitrogen and oxygen atoms in total. The molecule has 2 rings (SSSR count). The van der Waals surface area contributed by atoms with E-state index < -0.39 is 34.0 Å². The average molecular weight is 482 g/mol. The van der Waals surface area contributed by atoms with E-state index in [1.165, 1.54) is 23.5 Å². The van der Waals surface area contributed by atoms with Gasteiger partial charge >= 0.3 is 12.0 Å². The number of esters is 1. The molecule has 0 aliphatic carbocycles. The minimum absolute atomic E-state index is 0.0505. The second-order valence-corrected chi connectivity index (χ2v) is 8.81. The summed E-state index contributed by atoms with van der Waals surface area (Å²) in [6.45, 7) is 3.81. The Morgan fingerprint density at radius 1 is 1.06 bits per heavy atom. The average Bonchev–Trinajstić information content (AvgIpc) is 2.78. The summed E-state index contributed by atoms with van der Waals surface area (Å²) < 4.78 is 32.3. The Balaban J connectivity index is 2.40. The predicted octanol–water partition coefficient (Wildman–Crippen LogP) is 2.72. The molecule has 1 atom stereocenters. The fourth-order valence-electron chi connectivity index (χ4n) is 2.85. The van der Waals surface area contributed by atoms with Gasteiger partial charge in [-0.05, 0) is 18.2 Å². The maximum atomic E-state index is 12.9. The van der Waals surface area contributed by atoms with Crippen LogP contribution in [0.2, 0.25) is 5.02 Å². The van der Waals surface area contributed by atoms with Crippen molar-refractivity contribution in [2.75, 3.05) is 20.1 Å². The van der Waals surface area contributed by atoms with Gasteiger partial charge in [0.2, 0.25) is 16.1 Å². The van der Waals surface area contributed by atoms with Gasteiger partial charge in [0.25, 0.3) is 5.91 Å². The Morgan fingerprint density at radius 3 is 2.25 bits per heavy atom. The maximum Gasteiger partial charge on any atom is 0.339 e. The van der Waals surface area contributed by atoms with E-state index >= 15 is 0 Å². The Morgan fingerprint density at radius 2 is 1.69 bits per heavy atom. The zero-order chi connectivity index (χ0) is 23.9. The van der Waals surface area contributed by atoms with E-state index in [2.05, 4.69) is 10.6 Å². The molecule has 0 spiro atoms. The van der Waals surface area contributed by atoms with Gasteiger partial charge in [-0.15, -0.1) is 0 Å². The number of carbonyl (C=O) groups is 3. The number of rotatable bonds is 8. The van der Waals surface area contributed by atoms with Crippen LogP contribution in [0.5, 0.6) is 0 Å². The first kappa shape index (κ1) is 25.3. The van der Waals surface area contributed by atoms with E-state index in [1.807, 2.05) is 0 Å². The Kier molecular flexibility index (Phi) is 8.76. The van der Waals surface area contributed by atoms with Crippen molar-refractivity contribution in [1.82, 2.24) is 14.9 Å². The van der Waals surface area contributed by atoms with Crippen molar-refractivity contribution < 1.29 is 27.5 Å². The van der Waals surface area contributed by atoms with Crippen molar-refractivity contribution in [2.45, 2.75) is 24.8 Å². The van der Waals surface area contributed by atoms with E-state index in [-0.39, 0.29) is 28.6 Å². The highest BCUT2D eigenvalue weighted by Crippen LogP contribution is 2.27. The number of imide groups is 1.